The van der Waals surface area contributed by atoms with Crippen molar-refractivity contribution < 1.29 is 17.9 Å². The molecule has 2 aromatic rings. The molecular weight excluding hydrogens is 340 g/mol. The predicted octanol–water partition coefficient (Wildman–Crippen LogP) is 2.02. The number of anilines is 1. The molecule has 1 aliphatic heterocycles. The summed E-state index contributed by atoms with van der Waals surface area (Å²) in [6.45, 7) is -0.201. The Balaban J connectivity index is 1.74. The number of halogens is 1. The summed E-state index contributed by atoms with van der Waals surface area (Å²) in [4.78, 5) is 11.9. The first-order valence-electron chi connectivity index (χ1n) is 6.78. The maximum atomic E-state index is 12.3. The summed E-state index contributed by atoms with van der Waals surface area (Å²) in [6, 6.07) is 13.0. The number of carbonyl (C=O) groups excluding carboxylic acids is 1. The van der Waals surface area contributed by atoms with Crippen LogP contribution in [-0.4, -0.2) is 27.0 Å². The van der Waals surface area contributed by atoms with E-state index in [-0.39, 0.29) is 16.5 Å². The number of rotatable bonds is 4. The van der Waals surface area contributed by atoms with E-state index in [2.05, 4.69) is 10.0 Å². The Morgan fingerprint density at radius 2 is 1.83 bits per heavy atom. The van der Waals surface area contributed by atoms with Gasteiger partial charge in [-0.3, -0.25) is 4.79 Å². The van der Waals surface area contributed by atoms with Crippen molar-refractivity contribution in [3.05, 3.63) is 53.6 Å². The summed E-state index contributed by atoms with van der Waals surface area (Å²) < 4.78 is 32.4. The molecule has 0 spiro atoms. The minimum absolute atomic E-state index is 0.0433. The summed E-state index contributed by atoms with van der Waals surface area (Å²) in [6.07, 6.45) is -0.956. The number of hydrogen-bond acceptors (Lipinski definition) is 4. The largest absolute Gasteiger partial charge is 0.477 e. The van der Waals surface area contributed by atoms with Gasteiger partial charge in [-0.15, -0.1) is 0 Å². The van der Waals surface area contributed by atoms with Crippen molar-refractivity contribution in [2.75, 3.05) is 11.9 Å². The van der Waals surface area contributed by atoms with Gasteiger partial charge in [0.05, 0.1) is 17.3 Å². The summed E-state index contributed by atoms with van der Waals surface area (Å²) in [5.41, 5.74) is 0.558. The normalized spacial score (nSPS) is 17.1. The van der Waals surface area contributed by atoms with Gasteiger partial charge in [-0.25, -0.2) is 13.1 Å². The number of sulfonamides is 1. The molecule has 1 heterocycles. The highest BCUT2D eigenvalue weighted by atomic mass is 35.5. The smallest absolute Gasteiger partial charge is 0.266 e. The monoisotopic (exact) mass is 352 g/mol. The van der Waals surface area contributed by atoms with Crippen LogP contribution in [0.2, 0.25) is 5.02 Å². The standard InChI is InChI=1S/C15H13ClN2O4S/c16-10-5-1-4-8-14(10)23(20,21)17-9-13-15(19)18-11-6-2-3-7-12(11)22-13/h1-8,13,17H,9H2,(H,18,19). The molecular formula is C15H13ClN2O4S. The molecule has 23 heavy (non-hydrogen) atoms. The Morgan fingerprint density at radius 3 is 2.61 bits per heavy atom. The number of para-hydroxylation sites is 2. The van der Waals surface area contributed by atoms with Crippen LogP contribution in [0, 0.1) is 0 Å². The van der Waals surface area contributed by atoms with Crippen LogP contribution in [0.15, 0.2) is 53.4 Å². The van der Waals surface area contributed by atoms with Gasteiger partial charge in [0.1, 0.15) is 10.6 Å². The van der Waals surface area contributed by atoms with Gasteiger partial charge in [0.25, 0.3) is 5.91 Å². The van der Waals surface area contributed by atoms with Crippen LogP contribution in [-0.2, 0) is 14.8 Å². The quantitative estimate of drug-likeness (QED) is 0.881. The molecule has 0 saturated carbocycles. The van der Waals surface area contributed by atoms with Crippen molar-refractivity contribution in [1.82, 2.24) is 4.72 Å². The van der Waals surface area contributed by atoms with E-state index in [1.807, 2.05) is 0 Å². The average molecular weight is 353 g/mol. The predicted molar refractivity (Wildman–Crippen MR) is 86.1 cm³/mol. The highest BCUT2D eigenvalue weighted by Gasteiger charge is 2.29. The maximum Gasteiger partial charge on any atom is 0.266 e. The molecule has 0 aromatic heterocycles. The Morgan fingerprint density at radius 1 is 1.13 bits per heavy atom. The number of amides is 1. The van der Waals surface area contributed by atoms with Gasteiger partial charge >= 0.3 is 0 Å². The second-order valence-electron chi connectivity index (χ2n) is 4.87. The summed E-state index contributed by atoms with van der Waals surface area (Å²) >= 11 is 5.90. The zero-order chi connectivity index (χ0) is 16.4. The first-order chi connectivity index (χ1) is 11.0. The van der Waals surface area contributed by atoms with E-state index < -0.39 is 22.0 Å². The molecule has 0 saturated heterocycles. The third-order valence-corrected chi connectivity index (χ3v) is 5.21. The van der Waals surface area contributed by atoms with Gasteiger partial charge in [0.2, 0.25) is 10.0 Å². The lowest BCUT2D eigenvalue weighted by molar-refractivity contribution is -0.123. The van der Waals surface area contributed by atoms with E-state index in [0.29, 0.717) is 11.4 Å². The number of benzene rings is 2. The first kappa shape index (κ1) is 15.8. The SMILES string of the molecule is O=C1Nc2ccccc2OC1CNS(=O)(=O)c1ccccc1Cl. The molecule has 120 valence electrons. The fourth-order valence-corrected chi connectivity index (χ4v) is 3.70. The topological polar surface area (TPSA) is 84.5 Å². The van der Waals surface area contributed by atoms with Crippen LogP contribution in [0.25, 0.3) is 0 Å². The Labute approximate surface area is 138 Å². The second-order valence-corrected chi connectivity index (χ2v) is 7.02. The number of carbonyl (C=O) groups is 1. The number of fused-ring (bicyclic) bond motifs is 1. The van der Waals surface area contributed by atoms with Crippen molar-refractivity contribution in [2.45, 2.75) is 11.0 Å². The van der Waals surface area contributed by atoms with Crippen LogP contribution in [0.3, 0.4) is 0 Å². The highest BCUT2D eigenvalue weighted by molar-refractivity contribution is 7.89. The zero-order valence-corrected chi connectivity index (χ0v) is 13.4. The molecule has 3 rings (SSSR count). The molecule has 8 heteroatoms. The molecule has 0 aliphatic carbocycles. The zero-order valence-electron chi connectivity index (χ0n) is 11.8. The Kier molecular flexibility index (Phi) is 4.25. The molecule has 2 N–H and O–H groups in total. The van der Waals surface area contributed by atoms with E-state index in [0.717, 1.165) is 0 Å². The lowest BCUT2D eigenvalue weighted by Gasteiger charge is -2.25. The summed E-state index contributed by atoms with van der Waals surface area (Å²) in [5, 5.41) is 2.78. The minimum Gasteiger partial charge on any atom is -0.477 e. The fourth-order valence-electron chi connectivity index (χ4n) is 2.15. The number of nitrogens with one attached hydrogen (secondary N) is 2. The third-order valence-electron chi connectivity index (χ3n) is 3.29. The molecule has 1 unspecified atom stereocenters. The number of hydrogen-bond donors (Lipinski definition) is 2. The van der Waals surface area contributed by atoms with Crippen LogP contribution >= 0.6 is 11.6 Å². The molecule has 1 amide bonds. The van der Waals surface area contributed by atoms with Gasteiger partial charge in [-0.1, -0.05) is 35.9 Å². The highest BCUT2D eigenvalue weighted by Crippen LogP contribution is 2.28. The maximum absolute atomic E-state index is 12.3. The van der Waals surface area contributed by atoms with Gasteiger partial charge in [0, 0.05) is 0 Å². The van der Waals surface area contributed by atoms with Crippen LogP contribution in [0.1, 0.15) is 0 Å². The van der Waals surface area contributed by atoms with Gasteiger partial charge < -0.3 is 10.1 Å². The van der Waals surface area contributed by atoms with Crippen molar-refractivity contribution in [2.24, 2.45) is 0 Å². The molecule has 1 atom stereocenters. The summed E-state index contributed by atoms with van der Waals surface area (Å²) in [7, 11) is -3.83. The van der Waals surface area contributed by atoms with Crippen molar-refractivity contribution in [3.63, 3.8) is 0 Å². The van der Waals surface area contributed by atoms with Gasteiger partial charge in [-0.2, -0.15) is 0 Å². The molecule has 2 aromatic carbocycles. The number of ether oxygens (including phenoxy) is 1. The first-order valence-corrected chi connectivity index (χ1v) is 8.64. The lowest BCUT2D eigenvalue weighted by Crippen LogP contribution is -2.45. The van der Waals surface area contributed by atoms with E-state index in [1.165, 1.54) is 12.1 Å². The Hall–Kier alpha value is -2.09. The van der Waals surface area contributed by atoms with E-state index in [4.69, 9.17) is 16.3 Å². The molecule has 0 bridgehead atoms. The molecule has 0 fully saturated rings. The second kappa shape index (κ2) is 6.19. The summed E-state index contributed by atoms with van der Waals surface area (Å²) in [5.74, 6) is 0.0830. The van der Waals surface area contributed by atoms with E-state index >= 15 is 0 Å². The lowest BCUT2D eigenvalue weighted by atomic mass is 10.2. The van der Waals surface area contributed by atoms with Crippen LogP contribution < -0.4 is 14.8 Å². The molecule has 1 aliphatic rings. The minimum atomic E-state index is -3.83. The molecule has 6 nitrogen and oxygen atoms in total. The third kappa shape index (κ3) is 3.31. The van der Waals surface area contributed by atoms with Crippen LogP contribution in [0.4, 0.5) is 5.69 Å². The van der Waals surface area contributed by atoms with Crippen molar-refractivity contribution in [1.29, 1.82) is 0 Å². The van der Waals surface area contributed by atoms with Crippen molar-refractivity contribution >= 4 is 33.2 Å². The van der Waals surface area contributed by atoms with Crippen molar-refractivity contribution in [3.8, 4) is 5.75 Å². The van der Waals surface area contributed by atoms with E-state index in [1.54, 1.807) is 36.4 Å². The average Bonchev–Trinajstić information content (AvgIpc) is 2.53. The van der Waals surface area contributed by atoms with Gasteiger partial charge in [0.15, 0.2) is 6.10 Å². The fraction of sp³-hybridized carbons (Fsp3) is 0.133. The van der Waals surface area contributed by atoms with Crippen LogP contribution in [0.5, 0.6) is 5.75 Å². The van der Waals surface area contributed by atoms with Gasteiger partial charge in [-0.05, 0) is 24.3 Å². The Bertz CT molecular complexity index is 854. The molecule has 0 radical (unpaired) electrons. The van der Waals surface area contributed by atoms with E-state index in [9.17, 15) is 13.2 Å².